The van der Waals surface area contributed by atoms with Crippen LogP contribution in [0.3, 0.4) is 0 Å². The summed E-state index contributed by atoms with van der Waals surface area (Å²) in [4.78, 5) is 0. The Labute approximate surface area is 108 Å². The Bertz CT molecular complexity index is 368. The van der Waals surface area contributed by atoms with E-state index in [0.29, 0.717) is 12.5 Å². The number of halogens is 2. The lowest BCUT2D eigenvalue weighted by Crippen LogP contribution is -2.32. The second-order valence-electron chi connectivity index (χ2n) is 5.31. The molecule has 1 saturated carbocycles. The van der Waals surface area contributed by atoms with Crippen molar-refractivity contribution in [2.24, 2.45) is 5.92 Å². The molecule has 18 heavy (non-hydrogen) atoms. The molecule has 0 aromatic heterocycles. The molecular formula is C15H21F2N. The first kappa shape index (κ1) is 13.5. The van der Waals surface area contributed by atoms with E-state index in [2.05, 4.69) is 12.2 Å². The lowest BCUT2D eigenvalue weighted by molar-refractivity contribution is 0.453. The normalized spacial score (nSPS) is 16.8. The molecule has 1 aromatic carbocycles. The quantitative estimate of drug-likeness (QED) is 0.781. The number of hydrogen-bond acceptors (Lipinski definition) is 1. The van der Waals surface area contributed by atoms with Crippen LogP contribution in [0.5, 0.6) is 0 Å². The number of nitrogens with one attached hydrogen (secondary N) is 1. The SMILES string of the molecule is CCCNC(Cc1cc(F)cc(F)c1)CC1CC1. The molecule has 0 amide bonds. The number of benzene rings is 1. The van der Waals surface area contributed by atoms with Gasteiger partial charge in [0, 0.05) is 12.1 Å². The van der Waals surface area contributed by atoms with Gasteiger partial charge in [0.2, 0.25) is 0 Å². The zero-order chi connectivity index (χ0) is 13.0. The summed E-state index contributed by atoms with van der Waals surface area (Å²) in [6.45, 7) is 3.10. The molecule has 2 rings (SSSR count). The topological polar surface area (TPSA) is 12.0 Å². The van der Waals surface area contributed by atoms with E-state index in [1.165, 1.54) is 25.0 Å². The third-order valence-corrected chi connectivity index (χ3v) is 3.40. The van der Waals surface area contributed by atoms with Crippen molar-refractivity contribution in [2.75, 3.05) is 6.54 Å². The molecule has 1 aliphatic rings. The van der Waals surface area contributed by atoms with E-state index in [1.54, 1.807) is 0 Å². The molecule has 0 spiro atoms. The van der Waals surface area contributed by atoms with Gasteiger partial charge in [-0.1, -0.05) is 19.8 Å². The lowest BCUT2D eigenvalue weighted by atomic mass is 10.0. The predicted molar refractivity (Wildman–Crippen MR) is 69.5 cm³/mol. The largest absolute Gasteiger partial charge is 0.314 e. The smallest absolute Gasteiger partial charge is 0.126 e. The van der Waals surface area contributed by atoms with Gasteiger partial charge in [0.25, 0.3) is 0 Å². The van der Waals surface area contributed by atoms with Gasteiger partial charge in [-0.05, 0) is 49.4 Å². The molecule has 0 heterocycles. The molecule has 0 radical (unpaired) electrons. The summed E-state index contributed by atoms with van der Waals surface area (Å²) in [5, 5.41) is 3.48. The molecule has 1 aromatic rings. The van der Waals surface area contributed by atoms with Crippen molar-refractivity contribution >= 4 is 0 Å². The van der Waals surface area contributed by atoms with Crippen molar-refractivity contribution in [3.63, 3.8) is 0 Å². The monoisotopic (exact) mass is 253 g/mol. The summed E-state index contributed by atoms with van der Waals surface area (Å²) < 4.78 is 26.3. The summed E-state index contributed by atoms with van der Waals surface area (Å²) in [5.41, 5.74) is 0.752. The summed E-state index contributed by atoms with van der Waals surface area (Å²) in [6, 6.07) is 4.16. The highest BCUT2D eigenvalue weighted by atomic mass is 19.1. The average molecular weight is 253 g/mol. The van der Waals surface area contributed by atoms with E-state index in [-0.39, 0.29) is 0 Å². The van der Waals surface area contributed by atoms with Gasteiger partial charge in [0.1, 0.15) is 11.6 Å². The van der Waals surface area contributed by atoms with Crippen molar-refractivity contribution in [1.82, 2.24) is 5.32 Å². The number of rotatable bonds is 7. The maximum absolute atomic E-state index is 13.1. The molecule has 1 unspecified atom stereocenters. The zero-order valence-corrected chi connectivity index (χ0v) is 10.9. The highest BCUT2D eigenvalue weighted by Gasteiger charge is 2.25. The lowest BCUT2D eigenvalue weighted by Gasteiger charge is -2.18. The van der Waals surface area contributed by atoms with Gasteiger partial charge in [0.15, 0.2) is 0 Å². The van der Waals surface area contributed by atoms with Gasteiger partial charge in [0.05, 0.1) is 0 Å². The van der Waals surface area contributed by atoms with E-state index >= 15 is 0 Å². The fourth-order valence-corrected chi connectivity index (χ4v) is 2.36. The maximum Gasteiger partial charge on any atom is 0.126 e. The summed E-state index contributed by atoms with van der Waals surface area (Å²) in [7, 11) is 0. The molecule has 0 bridgehead atoms. The molecule has 1 N–H and O–H groups in total. The summed E-state index contributed by atoms with van der Waals surface area (Å²) in [5.74, 6) is -0.144. The van der Waals surface area contributed by atoms with Crippen molar-refractivity contribution in [3.8, 4) is 0 Å². The standard InChI is InChI=1S/C15H21F2N/c1-2-5-18-15(8-11-3-4-11)9-12-6-13(16)10-14(17)7-12/h6-7,10-11,15,18H,2-5,8-9H2,1H3. The Balaban J connectivity index is 1.96. The fourth-order valence-electron chi connectivity index (χ4n) is 2.36. The van der Waals surface area contributed by atoms with Crippen LogP contribution in [-0.4, -0.2) is 12.6 Å². The molecule has 100 valence electrons. The van der Waals surface area contributed by atoms with Crippen LogP contribution >= 0.6 is 0 Å². The van der Waals surface area contributed by atoms with Crippen LogP contribution in [0.1, 0.15) is 38.2 Å². The molecule has 1 fully saturated rings. The zero-order valence-electron chi connectivity index (χ0n) is 10.9. The van der Waals surface area contributed by atoms with Gasteiger partial charge in [-0.15, -0.1) is 0 Å². The van der Waals surface area contributed by atoms with Crippen molar-refractivity contribution in [1.29, 1.82) is 0 Å². The predicted octanol–water partition coefficient (Wildman–Crippen LogP) is 3.68. The molecule has 1 nitrogen and oxygen atoms in total. The van der Waals surface area contributed by atoms with Gasteiger partial charge in [-0.3, -0.25) is 0 Å². The van der Waals surface area contributed by atoms with E-state index in [0.717, 1.165) is 36.9 Å². The van der Waals surface area contributed by atoms with Crippen LogP contribution in [0.25, 0.3) is 0 Å². The third-order valence-electron chi connectivity index (χ3n) is 3.40. The number of hydrogen-bond donors (Lipinski definition) is 1. The molecule has 1 atom stereocenters. The molecule has 0 aliphatic heterocycles. The Morgan fingerprint density at radius 3 is 2.44 bits per heavy atom. The van der Waals surface area contributed by atoms with Crippen LogP contribution in [-0.2, 0) is 6.42 Å². The minimum atomic E-state index is -0.481. The van der Waals surface area contributed by atoms with Crippen LogP contribution in [0, 0.1) is 17.6 Å². The van der Waals surface area contributed by atoms with Crippen molar-refractivity contribution in [2.45, 2.75) is 45.1 Å². The third kappa shape index (κ3) is 4.37. The summed E-state index contributed by atoms with van der Waals surface area (Å²) in [6.07, 6.45) is 5.53. The average Bonchev–Trinajstić information content (AvgIpc) is 3.08. The first-order valence-electron chi connectivity index (χ1n) is 6.85. The minimum Gasteiger partial charge on any atom is -0.314 e. The molecule has 0 saturated heterocycles. The van der Waals surface area contributed by atoms with E-state index in [4.69, 9.17) is 0 Å². The second-order valence-corrected chi connectivity index (χ2v) is 5.31. The molecular weight excluding hydrogens is 232 g/mol. The van der Waals surface area contributed by atoms with Gasteiger partial charge in [-0.25, -0.2) is 8.78 Å². The van der Waals surface area contributed by atoms with E-state index < -0.39 is 11.6 Å². The molecule has 3 heteroatoms. The van der Waals surface area contributed by atoms with Gasteiger partial charge < -0.3 is 5.32 Å². The summed E-state index contributed by atoms with van der Waals surface area (Å²) >= 11 is 0. The first-order valence-corrected chi connectivity index (χ1v) is 6.85. The van der Waals surface area contributed by atoms with Crippen LogP contribution in [0.15, 0.2) is 18.2 Å². The maximum atomic E-state index is 13.1. The Hall–Kier alpha value is -0.960. The highest BCUT2D eigenvalue weighted by Crippen LogP contribution is 2.34. The van der Waals surface area contributed by atoms with Crippen LogP contribution in [0.2, 0.25) is 0 Å². The Kier molecular flexibility index (Phi) is 4.70. The van der Waals surface area contributed by atoms with Gasteiger partial charge >= 0.3 is 0 Å². The Morgan fingerprint density at radius 2 is 1.89 bits per heavy atom. The minimum absolute atomic E-state index is 0.346. The van der Waals surface area contributed by atoms with Gasteiger partial charge in [-0.2, -0.15) is 0 Å². The second kappa shape index (κ2) is 6.28. The fraction of sp³-hybridized carbons (Fsp3) is 0.600. The van der Waals surface area contributed by atoms with Crippen molar-refractivity contribution < 1.29 is 8.78 Å². The van der Waals surface area contributed by atoms with E-state index in [1.807, 2.05) is 0 Å². The molecule has 1 aliphatic carbocycles. The van der Waals surface area contributed by atoms with E-state index in [9.17, 15) is 8.78 Å². The Morgan fingerprint density at radius 1 is 1.22 bits per heavy atom. The van der Waals surface area contributed by atoms with Crippen LogP contribution < -0.4 is 5.32 Å². The van der Waals surface area contributed by atoms with Crippen molar-refractivity contribution in [3.05, 3.63) is 35.4 Å². The highest BCUT2D eigenvalue weighted by molar-refractivity contribution is 5.19. The first-order chi connectivity index (χ1) is 8.67. The van der Waals surface area contributed by atoms with Crippen LogP contribution in [0.4, 0.5) is 8.78 Å².